The lowest BCUT2D eigenvalue weighted by Crippen LogP contribution is -2.48. The molecule has 2 heterocycles. The van der Waals surface area contributed by atoms with E-state index >= 15 is 0 Å². The number of hydrogen-bond donors (Lipinski definition) is 1. The highest BCUT2D eigenvalue weighted by molar-refractivity contribution is 7.89. The van der Waals surface area contributed by atoms with E-state index in [1.54, 1.807) is 36.5 Å². The van der Waals surface area contributed by atoms with Gasteiger partial charge in [0.1, 0.15) is 0 Å². The van der Waals surface area contributed by atoms with Gasteiger partial charge in [-0.1, -0.05) is 23.7 Å². The van der Waals surface area contributed by atoms with Gasteiger partial charge in [0.15, 0.2) is 0 Å². The van der Waals surface area contributed by atoms with Crippen molar-refractivity contribution in [1.82, 2.24) is 14.5 Å². The van der Waals surface area contributed by atoms with Gasteiger partial charge in [-0.3, -0.25) is 4.90 Å². The first-order valence-corrected chi connectivity index (χ1v) is 11.3. The molecule has 1 fully saturated rings. The van der Waals surface area contributed by atoms with E-state index in [1.165, 1.54) is 4.88 Å². The van der Waals surface area contributed by atoms with Gasteiger partial charge >= 0.3 is 0 Å². The second kappa shape index (κ2) is 8.37. The number of nitrogens with one attached hydrogen (secondary N) is 1. The van der Waals surface area contributed by atoms with Crippen molar-refractivity contribution in [3.05, 3.63) is 51.2 Å². The lowest BCUT2D eigenvalue weighted by atomic mass is 10.2. The number of piperazine rings is 1. The van der Waals surface area contributed by atoms with Gasteiger partial charge in [0.2, 0.25) is 10.0 Å². The highest BCUT2D eigenvalue weighted by Gasteiger charge is 2.27. The molecule has 0 radical (unpaired) electrons. The fraction of sp³-hybridized carbons (Fsp3) is 0.444. The lowest BCUT2D eigenvalue weighted by molar-refractivity contribution is 0.114. The molecule has 142 valence electrons. The Morgan fingerprint density at radius 3 is 2.58 bits per heavy atom. The number of sulfonamides is 1. The molecule has 0 unspecified atom stereocenters. The Bertz CT molecular complexity index is 832. The molecule has 1 aromatic heterocycles. The van der Waals surface area contributed by atoms with Crippen molar-refractivity contribution in [2.24, 2.45) is 0 Å². The number of rotatable bonds is 6. The zero-order valence-electron chi connectivity index (χ0n) is 15.0. The van der Waals surface area contributed by atoms with E-state index in [9.17, 15) is 8.42 Å². The quantitative estimate of drug-likeness (QED) is 0.791. The van der Waals surface area contributed by atoms with E-state index < -0.39 is 10.0 Å². The first-order valence-electron chi connectivity index (χ1n) is 8.59. The molecule has 1 N–H and O–H groups in total. The van der Waals surface area contributed by atoms with Crippen LogP contribution in [0, 0.1) is 6.92 Å². The summed E-state index contributed by atoms with van der Waals surface area (Å²) in [5, 5.41) is 2.50. The zero-order chi connectivity index (χ0) is 18.7. The van der Waals surface area contributed by atoms with Crippen LogP contribution in [0.2, 0.25) is 5.02 Å². The Balaban J connectivity index is 1.78. The Labute approximate surface area is 164 Å². The van der Waals surface area contributed by atoms with Gasteiger partial charge in [0.05, 0.1) is 10.9 Å². The third-order valence-corrected chi connectivity index (χ3v) is 7.78. The molecular weight excluding hydrogens is 390 g/mol. The van der Waals surface area contributed by atoms with Crippen LogP contribution in [0.3, 0.4) is 0 Å². The Kier molecular flexibility index (Phi) is 6.37. The molecule has 0 bridgehead atoms. The molecular formula is C18H24ClN3O2S2. The molecule has 1 aliphatic heterocycles. The van der Waals surface area contributed by atoms with Crippen LogP contribution >= 0.6 is 22.9 Å². The predicted molar refractivity (Wildman–Crippen MR) is 108 cm³/mol. The SMILES string of the molecule is Cc1c(Cl)cccc1S(=O)(=O)NC[C@@H](c1cccs1)N1CCN(C)CC1. The number of likely N-dealkylation sites (N-methyl/N-ethyl adjacent to an activating group) is 1. The maximum Gasteiger partial charge on any atom is 0.240 e. The van der Waals surface area contributed by atoms with Crippen molar-refractivity contribution in [3.63, 3.8) is 0 Å². The third kappa shape index (κ3) is 4.47. The molecule has 8 heteroatoms. The van der Waals surface area contributed by atoms with Crippen molar-refractivity contribution < 1.29 is 8.42 Å². The van der Waals surface area contributed by atoms with Gasteiger partial charge in [-0.05, 0) is 43.1 Å². The number of thiophene rings is 1. The van der Waals surface area contributed by atoms with Gasteiger partial charge in [-0.25, -0.2) is 13.1 Å². The number of benzene rings is 1. The fourth-order valence-electron chi connectivity index (χ4n) is 3.17. The smallest absolute Gasteiger partial charge is 0.240 e. The van der Waals surface area contributed by atoms with Crippen LogP contribution in [-0.2, 0) is 10.0 Å². The predicted octanol–water partition coefficient (Wildman–Crippen LogP) is 2.98. The van der Waals surface area contributed by atoms with E-state index in [2.05, 4.69) is 27.6 Å². The van der Waals surface area contributed by atoms with Crippen LogP contribution in [0.25, 0.3) is 0 Å². The van der Waals surface area contributed by atoms with Crippen LogP contribution in [0.15, 0.2) is 40.6 Å². The van der Waals surface area contributed by atoms with Crippen LogP contribution in [0.4, 0.5) is 0 Å². The normalized spacial score (nSPS) is 18.1. The summed E-state index contributed by atoms with van der Waals surface area (Å²) < 4.78 is 28.4. The lowest BCUT2D eigenvalue weighted by Gasteiger charge is -2.37. The summed E-state index contributed by atoms with van der Waals surface area (Å²) >= 11 is 7.76. The summed E-state index contributed by atoms with van der Waals surface area (Å²) in [6, 6.07) is 9.10. The van der Waals surface area contributed by atoms with Gasteiger partial charge in [0, 0.05) is 42.6 Å². The van der Waals surface area contributed by atoms with Crippen LogP contribution < -0.4 is 4.72 Å². The Hall–Kier alpha value is -0.960. The molecule has 26 heavy (non-hydrogen) atoms. The summed E-state index contributed by atoms with van der Waals surface area (Å²) in [5.74, 6) is 0. The maximum absolute atomic E-state index is 12.8. The third-order valence-electron chi connectivity index (χ3n) is 4.82. The maximum atomic E-state index is 12.8. The van der Waals surface area contributed by atoms with Crippen molar-refractivity contribution in [3.8, 4) is 0 Å². The van der Waals surface area contributed by atoms with Crippen molar-refractivity contribution >= 4 is 33.0 Å². The van der Waals surface area contributed by atoms with Crippen LogP contribution in [0.1, 0.15) is 16.5 Å². The Morgan fingerprint density at radius 1 is 1.19 bits per heavy atom. The van der Waals surface area contributed by atoms with Crippen molar-refractivity contribution in [2.45, 2.75) is 17.9 Å². The average Bonchev–Trinajstić information content (AvgIpc) is 3.13. The fourth-order valence-corrected chi connectivity index (χ4v) is 5.56. The summed E-state index contributed by atoms with van der Waals surface area (Å²) in [7, 11) is -1.50. The average molecular weight is 414 g/mol. The van der Waals surface area contributed by atoms with E-state index in [0.717, 1.165) is 26.2 Å². The van der Waals surface area contributed by atoms with Gasteiger partial charge in [-0.15, -0.1) is 11.3 Å². The molecule has 0 aliphatic carbocycles. The molecule has 2 aromatic rings. The van der Waals surface area contributed by atoms with Crippen LogP contribution in [0.5, 0.6) is 0 Å². The monoisotopic (exact) mass is 413 g/mol. The zero-order valence-corrected chi connectivity index (χ0v) is 17.4. The van der Waals surface area contributed by atoms with Gasteiger partial charge < -0.3 is 4.90 Å². The standard InChI is InChI=1S/C18H24ClN3O2S2/c1-14-15(19)5-3-7-18(14)26(23,24)20-13-16(17-6-4-12-25-17)22-10-8-21(2)9-11-22/h3-7,12,16,20H,8-11,13H2,1-2H3/t16-/m0/s1. The van der Waals surface area contributed by atoms with E-state index in [-0.39, 0.29) is 10.9 Å². The van der Waals surface area contributed by atoms with Crippen molar-refractivity contribution in [2.75, 3.05) is 39.8 Å². The minimum Gasteiger partial charge on any atom is -0.304 e. The second-order valence-electron chi connectivity index (χ2n) is 6.59. The molecule has 0 saturated carbocycles. The summed E-state index contributed by atoms with van der Waals surface area (Å²) in [6.45, 7) is 5.91. The summed E-state index contributed by atoms with van der Waals surface area (Å²) in [4.78, 5) is 6.08. The number of halogens is 1. The molecule has 1 aliphatic rings. The molecule has 1 atom stereocenters. The van der Waals surface area contributed by atoms with Crippen LogP contribution in [-0.4, -0.2) is 58.0 Å². The largest absolute Gasteiger partial charge is 0.304 e. The van der Waals surface area contributed by atoms with E-state index in [1.807, 2.05) is 11.4 Å². The Morgan fingerprint density at radius 2 is 1.92 bits per heavy atom. The molecule has 0 spiro atoms. The molecule has 3 rings (SSSR count). The summed E-state index contributed by atoms with van der Waals surface area (Å²) in [5.41, 5.74) is 0.578. The topological polar surface area (TPSA) is 52.7 Å². The molecule has 5 nitrogen and oxygen atoms in total. The van der Waals surface area contributed by atoms with E-state index in [0.29, 0.717) is 17.1 Å². The second-order valence-corrected chi connectivity index (χ2v) is 9.71. The number of nitrogens with zero attached hydrogens (tertiary/aromatic N) is 2. The first-order chi connectivity index (χ1) is 12.4. The van der Waals surface area contributed by atoms with Gasteiger partial charge in [-0.2, -0.15) is 0 Å². The highest BCUT2D eigenvalue weighted by atomic mass is 35.5. The molecule has 0 amide bonds. The first kappa shape index (κ1) is 19.8. The number of hydrogen-bond acceptors (Lipinski definition) is 5. The van der Waals surface area contributed by atoms with Crippen molar-refractivity contribution in [1.29, 1.82) is 0 Å². The van der Waals surface area contributed by atoms with E-state index in [4.69, 9.17) is 11.6 Å². The van der Waals surface area contributed by atoms with Gasteiger partial charge in [0.25, 0.3) is 0 Å². The summed E-state index contributed by atoms with van der Waals surface area (Å²) in [6.07, 6.45) is 0. The highest BCUT2D eigenvalue weighted by Crippen LogP contribution is 2.27. The minimum atomic E-state index is -3.62. The molecule has 1 saturated heterocycles. The molecule has 1 aromatic carbocycles. The minimum absolute atomic E-state index is 0.0398.